The Kier molecular flexibility index (Phi) is 4.09. The van der Waals surface area contributed by atoms with Crippen LogP contribution in [0.15, 0.2) is 18.2 Å². The standard InChI is InChI=1S/C15H22FN3O2/c1-15(2,3)21-14(20)10-6-7-19(13(10)18)12-5-4-9(17)8-11(12)16/h4-5,8,10,13H,6-7,17-18H2,1-3H3/t10-,13?/m1/s1. The summed E-state index contributed by atoms with van der Waals surface area (Å²) in [7, 11) is 0. The topological polar surface area (TPSA) is 81.6 Å². The van der Waals surface area contributed by atoms with Crippen LogP contribution in [0.5, 0.6) is 0 Å². The van der Waals surface area contributed by atoms with Gasteiger partial charge in [0.1, 0.15) is 11.4 Å². The molecule has 2 rings (SSSR count). The van der Waals surface area contributed by atoms with E-state index in [1.165, 1.54) is 6.07 Å². The van der Waals surface area contributed by atoms with Crippen LogP contribution in [0.25, 0.3) is 0 Å². The Morgan fingerprint density at radius 1 is 1.43 bits per heavy atom. The maximum absolute atomic E-state index is 14.0. The predicted octanol–water partition coefficient (Wildman–Crippen LogP) is 1.86. The number of hydrogen-bond donors (Lipinski definition) is 2. The van der Waals surface area contributed by atoms with Crippen LogP contribution in [0.4, 0.5) is 15.8 Å². The number of benzene rings is 1. The van der Waals surface area contributed by atoms with Gasteiger partial charge in [0.2, 0.25) is 0 Å². The molecule has 0 saturated carbocycles. The zero-order valence-corrected chi connectivity index (χ0v) is 12.6. The molecular formula is C15H22FN3O2. The molecule has 0 aliphatic carbocycles. The average Bonchev–Trinajstić information content (AvgIpc) is 2.69. The van der Waals surface area contributed by atoms with E-state index < -0.39 is 23.5 Å². The molecule has 6 heteroatoms. The van der Waals surface area contributed by atoms with Crippen molar-refractivity contribution >= 4 is 17.3 Å². The number of anilines is 2. The number of nitrogens with two attached hydrogens (primary N) is 2. The first kappa shape index (κ1) is 15.6. The number of carbonyl (C=O) groups excluding carboxylic acids is 1. The van der Waals surface area contributed by atoms with Crippen LogP contribution in [0.1, 0.15) is 27.2 Å². The number of esters is 1. The van der Waals surface area contributed by atoms with Gasteiger partial charge in [0, 0.05) is 12.2 Å². The largest absolute Gasteiger partial charge is 0.460 e. The van der Waals surface area contributed by atoms with Crippen LogP contribution in [-0.4, -0.2) is 24.3 Å². The highest BCUT2D eigenvalue weighted by atomic mass is 19.1. The van der Waals surface area contributed by atoms with E-state index in [9.17, 15) is 9.18 Å². The molecule has 1 fully saturated rings. The van der Waals surface area contributed by atoms with Crippen LogP contribution in [0.3, 0.4) is 0 Å². The molecule has 1 aromatic carbocycles. The van der Waals surface area contributed by atoms with Crippen molar-refractivity contribution in [2.45, 2.75) is 39.0 Å². The van der Waals surface area contributed by atoms with E-state index in [0.29, 0.717) is 24.3 Å². The maximum Gasteiger partial charge on any atom is 0.313 e. The fraction of sp³-hybridized carbons (Fsp3) is 0.533. The van der Waals surface area contributed by atoms with Gasteiger partial charge in [-0.2, -0.15) is 0 Å². The molecule has 4 N–H and O–H groups in total. The molecule has 5 nitrogen and oxygen atoms in total. The van der Waals surface area contributed by atoms with Gasteiger partial charge in [-0.3, -0.25) is 4.79 Å². The molecule has 1 aliphatic heterocycles. The van der Waals surface area contributed by atoms with E-state index in [1.807, 2.05) is 20.8 Å². The summed E-state index contributed by atoms with van der Waals surface area (Å²) in [5.74, 6) is -1.23. The van der Waals surface area contributed by atoms with Gasteiger partial charge in [-0.25, -0.2) is 4.39 Å². The molecule has 1 aromatic rings. The minimum atomic E-state index is -0.599. The van der Waals surface area contributed by atoms with E-state index in [0.717, 1.165) is 0 Å². The zero-order valence-electron chi connectivity index (χ0n) is 12.6. The van der Waals surface area contributed by atoms with Gasteiger partial charge < -0.3 is 21.1 Å². The Morgan fingerprint density at radius 2 is 2.10 bits per heavy atom. The Labute approximate surface area is 124 Å². The van der Waals surface area contributed by atoms with Gasteiger partial charge >= 0.3 is 5.97 Å². The summed E-state index contributed by atoms with van der Waals surface area (Å²) in [4.78, 5) is 13.8. The minimum Gasteiger partial charge on any atom is -0.460 e. The lowest BCUT2D eigenvalue weighted by molar-refractivity contribution is -0.160. The first-order valence-corrected chi connectivity index (χ1v) is 6.99. The molecule has 0 spiro atoms. The Bertz CT molecular complexity index is 542. The third-order valence-electron chi connectivity index (χ3n) is 3.44. The molecule has 1 saturated heterocycles. The van der Waals surface area contributed by atoms with Crippen molar-refractivity contribution in [2.24, 2.45) is 11.7 Å². The van der Waals surface area contributed by atoms with Gasteiger partial charge in [0.05, 0.1) is 17.8 Å². The number of rotatable bonds is 2. The lowest BCUT2D eigenvalue weighted by atomic mass is 10.1. The third-order valence-corrected chi connectivity index (χ3v) is 3.44. The summed E-state index contributed by atoms with van der Waals surface area (Å²) in [5, 5.41) is 0. The van der Waals surface area contributed by atoms with Crippen LogP contribution < -0.4 is 16.4 Å². The van der Waals surface area contributed by atoms with Crippen LogP contribution in [-0.2, 0) is 9.53 Å². The average molecular weight is 295 g/mol. The summed E-state index contributed by atoms with van der Waals surface area (Å²) < 4.78 is 19.3. The van der Waals surface area contributed by atoms with Gasteiger partial charge in [0.25, 0.3) is 0 Å². The Morgan fingerprint density at radius 3 is 2.67 bits per heavy atom. The molecular weight excluding hydrogens is 273 g/mol. The third kappa shape index (κ3) is 3.44. The number of halogens is 1. The predicted molar refractivity (Wildman–Crippen MR) is 80.1 cm³/mol. The first-order valence-electron chi connectivity index (χ1n) is 6.99. The number of hydrogen-bond acceptors (Lipinski definition) is 5. The van der Waals surface area contributed by atoms with Crippen molar-refractivity contribution in [3.8, 4) is 0 Å². The quantitative estimate of drug-likeness (QED) is 0.643. The van der Waals surface area contributed by atoms with Gasteiger partial charge in [-0.1, -0.05) is 0 Å². The van der Waals surface area contributed by atoms with Gasteiger partial charge in [0.15, 0.2) is 0 Å². The number of ether oxygens (including phenoxy) is 1. The zero-order chi connectivity index (χ0) is 15.8. The monoisotopic (exact) mass is 295 g/mol. The second-order valence-corrected chi connectivity index (χ2v) is 6.32. The second-order valence-electron chi connectivity index (χ2n) is 6.32. The number of nitrogens with zero attached hydrogens (tertiary/aromatic N) is 1. The summed E-state index contributed by atoms with van der Waals surface area (Å²) in [6.45, 7) is 5.93. The van der Waals surface area contributed by atoms with Crippen molar-refractivity contribution in [1.82, 2.24) is 0 Å². The Hall–Kier alpha value is -1.82. The summed E-state index contributed by atoms with van der Waals surface area (Å²) in [5.41, 5.74) is 11.8. The second kappa shape index (κ2) is 5.52. The summed E-state index contributed by atoms with van der Waals surface area (Å²) in [6, 6.07) is 4.46. The molecule has 116 valence electrons. The van der Waals surface area contributed by atoms with Crippen molar-refractivity contribution in [1.29, 1.82) is 0 Å². The van der Waals surface area contributed by atoms with Gasteiger partial charge in [-0.15, -0.1) is 0 Å². The van der Waals surface area contributed by atoms with E-state index in [1.54, 1.807) is 17.0 Å². The van der Waals surface area contributed by atoms with Crippen LogP contribution >= 0.6 is 0 Å². The molecule has 1 unspecified atom stereocenters. The lowest BCUT2D eigenvalue weighted by Gasteiger charge is -2.28. The fourth-order valence-corrected chi connectivity index (χ4v) is 2.49. The van der Waals surface area contributed by atoms with Crippen molar-refractivity contribution < 1.29 is 13.9 Å². The highest BCUT2D eigenvalue weighted by Gasteiger charge is 2.39. The smallest absolute Gasteiger partial charge is 0.313 e. The first-order chi connectivity index (χ1) is 9.69. The van der Waals surface area contributed by atoms with Crippen LogP contribution in [0, 0.1) is 11.7 Å². The maximum atomic E-state index is 14.0. The van der Waals surface area contributed by atoms with Crippen molar-refractivity contribution in [3.63, 3.8) is 0 Å². The molecule has 0 aromatic heterocycles. The fourth-order valence-electron chi connectivity index (χ4n) is 2.49. The van der Waals surface area contributed by atoms with Crippen molar-refractivity contribution in [3.05, 3.63) is 24.0 Å². The normalized spacial score (nSPS) is 22.4. The van der Waals surface area contributed by atoms with Crippen LogP contribution in [0.2, 0.25) is 0 Å². The molecule has 2 atom stereocenters. The lowest BCUT2D eigenvalue weighted by Crippen LogP contribution is -2.44. The molecule has 0 bridgehead atoms. The highest BCUT2D eigenvalue weighted by Crippen LogP contribution is 2.31. The Balaban J connectivity index is 2.14. The van der Waals surface area contributed by atoms with E-state index in [4.69, 9.17) is 16.2 Å². The minimum absolute atomic E-state index is 0.339. The van der Waals surface area contributed by atoms with E-state index >= 15 is 0 Å². The molecule has 1 heterocycles. The molecule has 0 amide bonds. The van der Waals surface area contributed by atoms with Crippen molar-refractivity contribution in [2.75, 3.05) is 17.2 Å². The molecule has 21 heavy (non-hydrogen) atoms. The number of nitrogen functional groups attached to an aromatic ring is 1. The van der Waals surface area contributed by atoms with Gasteiger partial charge in [-0.05, 0) is 45.4 Å². The molecule has 1 aliphatic rings. The number of carbonyl (C=O) groups is 1. The summed E-state index contributed by atoms with van der Waals surface area (Å²) >= 11 is 0. The van der Waals surface area contributed by atoms with E-state index in [-0.39, 0.29) is 5.97 Å². The van der Waals surface area contributed by atoms with E-state index in [2.05, 4.69) is 0 Å². The highest BCUT2D eigenvalue weighted by molar-refractivity contribution is 5.75. The summed E-state index contributed by atoms with van der Waals surface area (Å²) in [6.07, 6.45) is -0.0575. The molecule has 0 radical (unpaired) electrons. The SMILES string of the molecule is CC(C)(C)OC(=O)[C@@H]1CCN(c2ccc(N)cc2F)C1N.